The second-order valence-corrected chi connectivity index (χ2v) is 5.46. The van der Waals surface area contributed by atoms with Crippen molar-refractivity contribution in [2.45, 2.75) is 51.4 Å². The molecule has 1 aliphatic heterocycles. The Morgan fingerprint density at radius 3 is 2.53 bits per heavy atom. The van der Waals surface area contributed by atoms with Crippen LogP contribution in [0.25, 0.3) is 0 Å². The van der Waals surface area contributed by atoms with Gasteiger partial charge in [0, 0.05) is 6.61 Å². The molecule has 2 rings (SSSR count). The summed E-state index contributed by atoms with van der Waals surface area (Å²) in [5.74, 6) is 0.802. The van der Waals surface area contributed by atoms with E-state index in [-0.39, 0.29) is 5.41 Å². The molecule has 0 aromatic rings. The smallest absolute Gasteiger partial charge is 0.0490 e. The number of rotatable bonds is 2. The van der Waals surface area contributed by atoms with Crippen molar-refractivity contribution in [3.63, 3.8) is 0 Å². The summed E-state index contributed by atoms with van der Waals surface area (Å²) in [4.78, 5) is 0. The summed E-state index contributed by atoms with van der Waals surface area (Å²) in [7, 11) is 0. The predicted molar refractivity (Wildman–Crippen MR) is 62.8 cm³/mol. The van der Waals surface area contributed by atoms with Crippen LogP contribution >= 0.6 is 0 Å². The van der Waals surface area contributed by atoms with Crippen LogP contribution in [0.3, 0.4) is 0 Å². The van der Waals surface area contributed by atoms with E-state index in [1.165, 1.54) is 51.4 Å². The molecule has 2 nitrogen and oxygen atoms in total. The van der Waals surface area contributed by atoms with Gasteiger partial charge in [0.15, 0.2) is 0 Å². The van der Waals surface area contributed by atoms with Gasteiger partial charge < -0.3 is 10.4 Å². The van der Waals surface area contributed by atoms with Crippen LogP contribution in [-0.2, 0) is 0 Å². The molecule has 1 heterocycles. The van der Waals surface area contributed by atoms with Gasteiger partial charge >= 0.3 is 0 Å². The minimum atomic E-state index is 0.268. The van der Waals surface area contributed by atoms with Crippen molar-refractivity contribution in [2.75, 3.05) is 19.7 Å². The molecular weight excluding hydrogens is 186 g/mol. The molecule has 88 valence electrons. The fraction of sp³-hybridized carbons (Fsp3) is 1.00. The lowest BCUT2D eigenvalue weighted by Gasteiger charge is -2.41. The van der Waals surface area contributed by atoms with Gasteiger partial charge in [0.2, 0.25) is 0 Å². The van der Waals surface area contributed by atoms with Crippen LogP contribution in [0.4, 0.5) is 0 Å². The lowest BCUT2D eigenvalue weighted by molar-refractivity contribution is 0.0283. The zero-order chi connectivity index (χ0) is 10.6. The highest BCUT2D eigenvalue weighted by atomic mass is 16.3. The van der Waals surface area contributed by atoms with E-state index >= 15 is 0 Å². The predicted octanol–water partition coefficient (Wildman–Crippen LogP) is 2.32. The summed E-state index contributed by atoms with van der Waals surface area (Å²) in [5, 5.41) is 13.3. The van der Waals surface area contributed by atoms with Crippen molar-refractivity contribution >= 4 is 0 Å². The molecule has 2 fully saturated rings. The SMILES string of the molecule is OCC1(C2CCCCC2)CCCNCC1. The lowest BCUT2D eigenvalue weighted by atomic mass is 9.65. The quantitative estimate of drug-likeness (QED) is 0.734. The van der Waals surface area contributed by atoms with Gasteiger partial charge in [-0.2, -0.15) is 0 Å². The van der Waals surface area contributed by atoms with Gasteiger partial charge in [0.05, 0.1) is 0 Å². The Kier molecular flexibility index (Phi) is 4.04. The molecule has 2 heteroatoms. The second kappa shape index (κ2) is 5.31. The summed E-state index contributed by atoms with van der Waals surface area (Å²) in [6.07, 6.45) is 10.6. The Morgan fingerprint density at radius 1 is 1.00 bits per heavy atom. The van der Waals surface area contributed by atoms with Gasteiger partial charge in [-0.05, 0) is 56.5 Å². The first kappa shape index (κ1) is 11.4. The zero-order valence-electron chi connectivity index (χ0n) is 9.80. The fourth-order valence-electron chi connectivity index (χ4n) is 3.56. The topological polar surface area (TPSA) is 32.3 Å². The third-order valence-corrected chi connectivity index (χ3v) is 4.61. The van der Waals surface area contributed by atoms with Crippen molar-refractivity contribution in [1.82, 2.24) is 5.32 Å². The minimum absolute atomic E-state index is 0.268. The molecule has 2 aliphatic rings. The molecule has 0 spiro atoms. The van der Waals surface area contributed by atoms with E-state index in [4.69, 9.17) is 0 Å². The molecule has 1 saturated heterocycles. The standard InChI is InChI=1S/C13H25NO/c15-11-13(7-4-9-14-10-8-13)12-5-2-1-3-6-12/h12,14-15H,1-11H2. The van der Waals surface area contributed by atoms with E-state index in [9.17, 15) is 5.11 Å². The molecule has 15 heavy (non-hydrogen) atoms. The molecule has 1 atom stereocenters. The molecule has 0 amide bonds. The Morgan fingerprint density at radius 2 is 1.80 bits per heavy atom. The molecule has 2 N–H and O–H groups in total. The minimum Gasteiger partial charge on any atom is -0.396 e. The van der Waals surface area contributed by atoms with Crippen molar-refractivity contribution in [1.29, 1.82) is 0 Å². The van der Waals surface area contributed by atoms with Crippen molar-refractivity contribution in [2.24, 2.45) is 11.3 Å². The maximum atomic E-state index is 9.79. The van der Waals surface area contributed by atoms with Crippen molar-refractivity contribution in [3.8, 4) is 0 Å². The van der Waals surface area contributed by atoms with E-state index in [0.29, 0.717) is 6.61 Å². The van der Waals surface area contributed by atoms with E-state index in [1.54, 1.807) is 0 Å². The molecule has 0 bridgehead atoms. The molecular formula is C13H25NO. The number of aliphatic hydroxyl groups is 1. The van der Waals surface area contributed by atoms with Crippen LogP contribution in [0.1, 0.15) is 51.4 Å². The summed E-state index contributed by atoms with van der Waals surface area (Å²) < 4.78 is 0. The van der Waals surface area contributed by atoms with Crippen LogP contribution in [0.15, 0.2) is 0 Å². The number of aliphatic hydroxyl groups excluding tert-OH is 1. The average Bonchev–Trinajstić information content (AvgIpc) is 2.56. The molecule has 1 aliphatic carbocycles. The van der Waals surface area contributed by atoms with Crippen LogP contribution in [0.2, 0.25) is 0 Å². The summed E-state index contributed by atoms with van der Waals surface area (Å²) in [5.41, 5.74) is 0.268. The normalized spacial score (nSPS) is 35.0. The highest BCUT2D eigenvalue weighted by molar-refractivity contribution is 4.89. The van der Waals surface area contributed by atoms with Gasteiger partial charge in [-0.1, -0.05) is 19.3 Å². The van der Waals surface area contributed by atoms with Crippen LogP contribution in [0, 0.1) is 11.3 Å². The first-order valence-corrected chi connectivity index (χ1v) is 6.69. The van der Waals surface area contributed by atoms with E-state index in [0.717, 1.165) is 19.0 Å². The van der Waals surface area contributed by atoms with Crippen molar-refractivity contribution in [3.05, 3.63) is 0 Å². The molecule has 0 aromatic carbocycles. The van der Waals surface area contributed by atoms with E-state index in [1.807, 2.05) is 0 Å². The third-order valence-electron chi connectivity index (χ3n) is 4.61. The monoisotopic (exact) mass is 211 g/mol. The van der Waals surface area contributed by atoms with Gasteiger partial charge in [-0.15, -0.1) is 0 Å². The maximum absolute atomic E-state index is 9.79. The highest BCUT2D eigenvalue weighted by Crippen LogP contribution is 2.44. The Labute approximate surface area is 93.5 Å². The van der Waals surface area contributed by atoms with E-state index in [2.05, 4.69) is 5.32 Å². The van der Waals surface area contributed by atoms with E-state index < -0.39 is 0 Å². The second-order valence-electron chi connectivity index (χ2n) is 5.46. The first-order valence-electron chi connectivity index (χ1n) is 6.69. The Balaban J connectivity index is 2.03. The zero-order valence-corrected chi connectivity index (χ0v) is 9.80. The summed E-state index contributed by atoms with van der Waals surface area (Å²) in [6, 6.07) is 0. The van der Waals surface area contributed by atoms with Crippen LogP contribution in [-0.4, -0.2) is 24.8 Å². The molecule has 0 radical (unpaired) electrons. The number of nitrogens with one attached hydrogen (secondary N) is 1. The summed E-state index contributed by atoms with van der Waals surface area (Å²) in [6.45, 7) is 2.67. The number of hydrogen-bond donors (Lipinski definition) is 2. The van der Waals surface area contributed by atoms with Gasteiger partial charge in [0.25, 0.3) is 0 Å². The largest absolute Gasteiger partial charge is 0.396 e. The summed E-state index contributed by atoms with van der Waals surface area (Å²) >= 11 is 0. The van der Waals surface area contributed by atoms with Crippen LogP contribution in [0.5, 0.6) is 0 Å². The third kappa shape index (κ3) is 2.54. The Bertz CT molecular complexity index is 179. The average molecular weight is 211 g/mol. The maximum Gasteiger partial charge on any atom is 0.0490 e. The Hall–Kier alpha value is -0.0800. The van der Waals surface area contributed by atoms with Crippen molar-refractivity contribution < 1.29 is 5.11 Å². The fourth-order valence-corrected chi connectivity index (χ4v) is 3.56. The molecule has 0 aromatic heterocycles. The van der Waals surface area contributed by atoms with Crippen LogP contribution < -0.4 is 5.32 Å². The molecule has 1 saturated carbocycles. The lowest BCUT2D eigenvalue weighted by Crippen LogP contribution is -2.36. The number of hydrogen-bond acceptors (Lipinski definition) is 2. The van der Waals surface area contributed by atoms with Gasteiger partial charge in [0.1, 0.15) is 0 Å². The highest BCUT2D eigenvalue weighted by Gasteiger charge is 2.38. The first-order chi connectivity index (χ1) is 7.37. The molecule has 1 unspecified atom stereocenters. The van der Waals surface area contributed by atoms with Gasteiger partial charge in [-0.25, -0.2) is 0 Å². The van der Waals surface area contributed by atoms with Gasteiger partial charge in [-0.3, -0.25) is 0 Å².